The molecule has 0 aliphatic carbocycles. The number of amides is 2. The predicted molar refractivity (Wildman–Crippen MR) is 114 cm³/mol. The molecule has 2 saturated heterocycles. The van der Waals surface area contributed by atoms with Gasteiger partial charge in [-0.3, -0.25) is 9.36 Å². The minimum Gasteiger partial charge on any atom is -0.593 e. The van der Waals surface area contributed by atoms with Crippen LogP contribution in [0.15, 0.2) is 53.6 Å². The fourth-order valence-electron chi connectivity index (χ4n) is 5.01. The van der Waals surface area contributed by atoms with Crippen molar-refractivity contribution in [1.82, 2.24) is 18.7 Å². The van der Waals surface area contributed by atoms with Crippen LogP contribution >= 0.6 is 0 Å². The molecule has 1 aromatic carbocycles. The van der Waals surface area contributed by atoms with Gasteiger partial charge in [-0.1, -0.05) is 22.4 Å². The molecule has 0 bridgehead atoms. The summed E-state index contributed by atoms with van der Waals surface area (Å²) in [6, 6.07) is 11.6. The Balaban J connectivity index is 1.24. The van der Waals surface area contributed by atoms with Crippen molar-refractivity contribution in [2.45, 2.75) is 49.2 Å². The molecule has 3 aliphatic heterocycles. The molecule has 0 radical (unpaired) electrons. The summed E-state index contributed by atoms with van der Waals surface area (Å²) in [5, 5.41) is 0. The van der Waals surface area contributed by atoms with Crippen molar-refractivity contribution in [1.29, 1.82) is 0 Å². The van der Waals surface area contributed by atoms with Gasteiger partial charge >= 0.3 is 6.03 Å². The van der Waals surface area contributed by atoms with E-state index in [0.717, 1.165) is 5.69 Å². The highest BCUT2D eigenvalue weighted by Gasteiger charge is 2.45. The van der Waals surface area contributed by atoms with Crippen molar-refractivity contribution >= 4 is 22.3 Å². The van der Waals surface area contributed by atoms with Crippen molar-refractivity contribution in [2.75, 3.05) is 19.6 Å². The average Bonchev–Trinajstić information content (AvgIpc) is 3.52. The summed E-state index contributed by atoms with van der Waals surface area (Å²) in [5.41, 5.74) is 0.997. The van der Waals surface area contributed by atoms with Crippen molar-refractivity contribution in [3.63, 3.8) is 0 Å². The van der Waals surface area contributed by atoms with E-state index in [1.807, 2.05) is 17.0 Å². The first-order chi connectivity index (χ1) is 15.0. The third-order valence-electron chi connectivity index (χ3n) is 6.67. The molecule has 3 aliphatic rings. The topological polar surface area (TPSA) is 88.9 Å². The average molecular weight is 443 g/mol. The van der Waals surface area contributed by atoms with Crippen LogP contribution in [0.4, 0.5) is 4.79 Å². The number of carbonyl (C=O) groups is 2. The Labute approximate surface area is 182 Å². The van der Waals surface area contributed by atoms with Crippen LogP contribution in [0.2, 0.25) is 0 Å². The lowest BCUT2D eigenvalue weighted by molar-refractivity contribution is -0.136. The zero-order valence-corrected chi connectivity index (χ0v) is 18.1. The number of nitrogens with zero attached hydrogens (tertiary/aromatic N) is 4. The summed E-state index contributed by atoms with van der Waals surface area (Å²) < 4.78 is 29.2. The standard InChI is InChI=1S/C22H26N4O4S/c27-21(20-9-5-13-26(20)31(29,30)19-7-2-1-3-8-19)23-14-10-17(11-15-23)25-16-18-6-4-12-24(18)22(25)28/h1-4,6-8,12,17,20H,5,9-11,13-16H2. The molecular weight excluding hydrogens is 416 g/mol. The minimum absolute atomic E-state index is 0.000647. The maximum absolute atomic E-state index is 13.3. The third-order valence-corrected chi connectivity index (χ3v) is 8.60. The molecule has 5 rings (SSSR count). The zero-order chi connectivity index (χ0) is 21.6. The molecule has 8 nitrogen and oxygen atoms in total. The number of rotatable bonds is 4. The van der Waals surface area contributed by atoms with E-state index in [9.17, 15) is 18.4 Å². The van der Waals surface area contributed by atoms with Gasteiger partial charge in [0.2, 0.25) is 5.91 Å². The molecule has 2 fully saturated rings. The monoisotopic (exact) mass is 442 g/mol. The number of likely N-dealkylation sites (tertiary alicyclic amines) is 1. The lowest BCUT2D eigenvalue weighted by Crippen LogP contribution is -2.53. The largest absolute Gasteiger partial charge is 0.593 e. The molecule has 9 heteroatoms. The van der Waals surface area contributed by atoms with Crippen LogP contribution in [-0.2, 0) is 25.9 Å². The van der Waals surface area contributed by atoms with E-state index in [-0.39, 0.29) is 22.9 Å². The van der Waals surface area contributed by atoms with Gasteiger partial charge in [-0.2, -0.15) is 0 Å². The highest BCUT2D eigenvalue weighted by atomic mass is 32.3. The molecule has 2 aromatic rings. The van der Waals surface area contributed by atoms with Crippen LogP contribution in [-0.4, -0.2) is 66.9 Å². The van der Waals surface area contributed by atoms with E-state index in [1.165, 1.54) is 4.31 Å². The van der Waals surface area contributed by atoms with Crippen molar-refractivity contribution in [3.8, 4) is 0 Å². The van der Waals surface area contributed by atoms with Gasteiger partial charge in [-0.25, -0.2) is 4.79 Å². The molecule has 164 valence electrons. The highest BCUT2D eigenvalue weighted by Crippen LogP contribution is 2.32. The van der Waals surface area contributed by atoms with Gasteiger partial charge in [0.25, 0.3) is 0 Å². The second-order valence-electron chi connectivity index (χ2n) is 8.42. The first kappa shape index (κ1) is 20.4. The molecular formula is C22H26N4O4S. The van der Waals surface area contributed by atoms with Gasteiger partial charge in [0.05, 0.1) is 6.54 Å². The van der Waals surface area contributed by atoms with Crippen molar-refractivity contribution in [2.24, 2.45) is 0 Å². The number of fused-ring (bicyclic) bond motifs is 1. The highest BCUT2D eigenvalue weighted by molar-refractivity contribution is 7.95. The van der Waals surface area contributed by atoms with Crippen LogP contribution in [0.1, 0.15) is 31.4 Å². The molecule has 2 unspecified atom stereocenters. The third kappa shape index (κ3) is 3.50. The number of piperidine rings is 1. The van der Waals surface area contributed by atoms with E-state index in [1.54, 1.807) is 46.0 Å². The Kier molecular flexibility index (Phi) is 5.19. The van der Waals surface area contributed by atoms with E-state index < -0.39 is 16.4 Å². The van der Waals surface area contributed by atoms with Crippen molar-refractivity contribution in [3.05, 3.63) is 54.4 Å². The Hall–Kier alpha value is -2.49. The summed E-state index contributed by atoms with van der Waals surface area (Å²) in [7, 11) is -3.70. The van der Waals surface area contributed by atoms with Gasteiger partial charge in [-0.05, 0) is 49.9 Å². The number of sulfonamides is 1. The smallest absolute Gasteiger partial charge is 0.329 e. The van der Waals surface area contributed by atoms with Gasteiger partial charge in [0.1, 0.15) is 6.04 Å². The van der Waals surface area contributed by atoms with Crippen LogP contribution in [0, 0.1) is 0 Å². The molecule has 2 amide bonds. The molecule has 0 saturated carbocycles. The van der Waals surface area contributed by atoms with Gasteiger partial charge in [0.15, 0.2) is 15.3 Å². The minimum atomic E-state index is -3.70. The van der Waals surface area contributed by atoms with Gasteiger partial charge < -0.3 is 14.4 Å². The summed E-state index contributed by atoms with van der Waals surface area (Å²) >= 11 is 0. The quantitative estimate of drug-likeness (QED) is 0.680. The van der Waals surface area contributed by atoms with E-state index >= 15 is 0 Å². The number of hydrogen-bond donors (Lipinski definition) is 0. The second kappa shape index (κ2) is 7.89. The first-order valence-corrected chi connectivity index (χ1v) is 12.2. The van der Waals surface area contributed by atoms with Gasteiger partial charge in [-0.15, -0.1) is 4.31 Å². The fourth-order valence-corrected chi connectivity index (χ4v) is 6.68. The molecule has 1 aromatic heterocycles. The number of hydrogen-bond acceptors (Lipinski definition) is 4. The number of aromatic nitrogens is 1. The lowest BCUT2D eigenvalue weighted by Gasteiger charge is -2.38. The van der Waals surface area contributed by atoms with Crippen LogP contribution in [0.25, 0.3) is 0 Å². The van der Waals surface area contributed by atoms with Crippen LogP contribution < -0.4 is 0 Å². The Morgan fingerprint density at radius 1 is 1.00 bits per heavy atom. The van der Waals surface area contributed by atoms with Crippen LogP contribution in [0.5, 0.6) is 0 Å². The SMILES string of the molecule is O=C(C1CCCN1[S+](=O)([O-])c1ccccc1)N1CCC(N2Cc3cccn3C2=O)CC1. The number of benzene rings is 1. The molecule has 0 spiro atoms. The molecule has 4 heterocycles. The normalized spacial score (nSPS) is 24.4. The molecule has 2 atom stereocenters. The van der Waals surface area contributed by atoms with Crippen LogP contribution in [0.3, 0.4) is 0 Å². The maximum atomic E-state index is 13.3. The summed E-state index contributed by atoms with van der Waals surface area (Å²) in [6.45, 7) is 2.05. The molecule has 0 N–H and O–H groups in total. The predicted octanol–water partition coefficient (Wildman–Crippen LogP) is 2.33. The summed E-state index contributed by atoms with van der Waals surface area (Å²) in [5.74, 6) is -0.116. The van der Waals surface area contributed by atoms with E-state index in [0.29, 0.717) is 51.9 Å². The summed E-state index contributed by atoms with van der Waals surface area (Å²) in [6.07, 6.45) is 4.43. The van der Waals surface area contributed by atoms with Gasteiger partial charge in [0, 0.05) is 37.6 Å². The summed E-state index contributed by atoms with van der Waals surface area (Å²) in [4.78, 5) is 29.8. The van der Waals surface area contributed by atoms with E-state index in [4.69, 9.17) is 0 Å². The first-order valence-electron chi connectivity index (χ1n) is 10.8. The van der Waals surface area contributed by atoms with E-state index in [2.05, 4.69) is 0 Å². The molecule has 31 heavy (non-hydrogen) atoms. The zero-order valence-electron chi connectivity index (χ0n) is 17.3. The lowest BCUT2D eigenvalue weighted by atomic mass is 10.0. The Morgan fingerprint density at radius 2 is 1.74 bits per heavy atom. The van der Waals surface area contributed by atoms with Crippen molar-refractivity contribution < 1.29 is 18.4 Å². The Morgan fingerprint density at radius 3 is 2.45 bits per heavy atom. The Bertz CT molecular complexity index is 1030. The number of carbonyl (C=O) groups excluding carboxylic acids is 2. The fraction of sp³-hybridized carbons (Fsp3) is 0.455. The maximum Gasteiger partial charge on any atom is 0.329 e. The second-order valence-corrected chi connectivity index (χ2v) is 10.3.